The number of halogens is 1. The average Bonchev–Trinajstić information content (AvgIpc) is 3.06. The van der Waals surface area contributed by atoms with Gasteiger partial charge in [0.2, 0.25) is 0 Å². The molecule has 0 bridgehead atoms. The molecule has 26 heavy (non-hydrogen) atoms. The van der Waals surface area contributed by atoms with Gasteiger partial charge >= 0.3 is 12.0 Å². The summed E-state index contributed by atoms with van der Waals surface area (Å²) in [7, 11) is 0. The molecule has 1 aliphatic rings. The monoisotopic (exact) mass is 374 g/mol. The third-order valence-corrected chi connectivity index (χ3v) is 4.62. The predicted octanol–water partition coefficient (Wildman–Crippen LogP) is 4.10. The van der Waals surface area contributed by atoms with E-state index in [1.165, 1.54) is 0 Å². The number of benzene rings is 1. The lowest BCUT2D eigenvalue weighted by molar-refractivity contribution is -0.139. The number of amides is 2. The highest BCUT2D eigenvalue weighted by atomic mass is 35.5. The Balaban J connectivity index is 2.01. The summed E-state index contributed by atoms with van der Waals surface area (Å²) in [5.74, 6) is 0.546. The van der Waals surface area contributed by atoms with Crippen LogP contribution in [0, 0.1) is 6.92 Å². The number of nitrogens with one attached hydrogen (secondary N) is 2. The van der Waals surface area contributed by atoms with E-state index in [2.05, 4.69) is 10.6 Å². The highest BCUT2D eigenvalue weighted by molar-refractivity contribution is 6.31. The Labute approximate surface area is 156 Å². The zero-order valence-electron chi connectivity index (χ0n) is 14.7. The topological polar surface area (TPSA) is 80.6 Å². The minimum absolute atomic E-state index is 0.237. The number of esters is 1. The molecule has 1 aliphatic heterocycles. The maximum absolute atomic E-state index is 12.3. The minimum atomic E-state index is -0.726. The van der Waals surface area contributed by atoms with Crippen molar-refractivity contribution in [3.8, 4) is 11.3 Å². The number of hydrogen-bond acceptors (Lipinski definition) is 4. The first-order valence-corrected chi connectivity index (χ1v) is 8.60. The van der Waals surface area contributed by atoms with Crippen LogP contribution in [0.1, 0.15) is 31.2 Å². The van der Waals surface area contributed by atoms with Crippen LogP contribution >= 0.6 is 11.6 Å². The van der Waals surface area contributed by atoms with Gasteiger partial charge in [-0.3, -0.25) is 0 Å². The van der Waals surface area contributed by atoms with Gasteiger partial charge < -0.3 is 19.8 Å². The second-order valence-electron chi connectivity index (χ2n) is 5.91. The van der Waals surface area contributed by atoms with Gasteiger partial charge in [-0.1, -0.05) is 23.7 Å². The molecule has 3 rings (SSSR count). The molecule has 7 heteroatoms. The van der Waals surface area contributed by atoms with Crippen molar-refractivity contribution in [2.75, 3.05) is 6.61 Å². The van der Waals surface area contributed by atoms with Crippen LogP contribution in [-0.2, 0) is 9.53 Å². The lowest BCUT2D eigenvalue weighted by atomic mass is 10.0. The highest BCUT2D eigenvalue weighted by Crippen LogP contribution is 2.34. The van der Waals surface area contributed by atoms with Crippen LogP contribution < -0.4 is 10.6 Å². The lowest BCUT2D eigenvalue weighted by Gasteiger charge is -2.26. The summed E-state index contributed by atoms with van der Waals surface area (Å²) in [6.07, 6.45) is 0. The maximum atomic E-state index is 12.3. The van der Waals surface area contributed by atoms with Crippen molar-refractivity contribution < 1.29 is 18.7 Å². The molecular formula is C19H19ClN2O4. The Morgan fingerprint density at radius 3 is 2.77 bits per heavy atom. The van der Waals surface area contributed by atoms with Gasteiger partial charge in [0.1, 0.15) is 17.6 Å². The number of carbonyl (C=O) groups is 2. The van der Waals surface area contributed by atoms with Gasteiger partial charge in [-0.05, 0) is 44.5 Å². The minimum Gasteiger partial charge on any atom is -0.463 e. The summed E-state index contributed by atoms with van der Waals surface area (Å²) in [5.41, 5.74) is 2.49. The molecule has 136 valence electrons. The average molecular weight is 375 g/mol. The number of ether oxygens (including phenoxy) is 1. The van der Waals surface area contributed by atoms with E-state index >= 15 is 0 Å². The van der Waals surface area contributed by atoms with Crippen LogP contribution in [0.3, 0.4) is 0 Å². The van der Waals surface area contributed by atoms with Crippen molar-refractivity contribution in [1.82, 2.24) is 10.6 Å². The smallest absolute Gasteiger partial charge is 0.338 e. The highest BCUT2D eigenvalue weighted by Gasteiger charge is 2.34. The molecule has 6 nitrogen and oxygen atoms in total. The fourth-order valence-electron chi connectivity index (χ4n) is 2.91. The van der Waals surface area contributed by atoms with E-state index in [-0.39, 0.29) is 6.61 Å². The fourth-order valence-corrected chi connectivity index (χ4v) is 3.09. The quantitative estimate of drug-likeness (QED) is 0.789. The molecule has 1 aromatic heterocycles. The van der Waals surface area contributed by atoms with Crippen LogP contribution in [0.15, 0.2) is 46.0 Å². The van der Waals surface area contributed by atoms with E-state index in [0.29, 0.717) is 27.8 Å². The van der Waals surface area contributed by atoms with Gasteiger partial charge in [0.25, 0.3) is 0 Å². The molecule has 1 atom stereocenters. The van der Waals surface area contributed by atoms with E-state index in [4.69, 9.17) is 20.8 Å². The molecule has 0 radical (unpaired) electrons. The third-order valence-electron chi connectivity index (χ3n) is 4.21. The molecule has 2 N–H and O–H groups in total. The van der Waals surface area contributed by atoms with E-state index in [0.717, 1.165) is 11.1 Å². The van der Waals surface area contributed by atoms with Crippen LogP contribution in [0.25, 0.3) is 11.3 Å². The van der Waals surface area contributed by atoms with Crippen molar-refractivity contribution in [2.24, 2.45) is 0 Å². The predicted molar refractivity (Wildman–Crippen MR) is 97.6 cm³/mol. The third kappa shape index (κ3) is 3.32. The number of hydrogen-bond donors (Lipinski definition) is 2. The molecule has 1 aromatic carbocycles. The van der Waals surface area contributed by atoms with Crippen LogP contribution in [0.5, 0.6) is 0 Å². The zero-order valence-corrected chi connectivity index (χ0v) is 15.4. The molecule has 0 fully saturated rings. The first kappa shape index (κ1) is 18.1. The first-order chi connectivity index (χ1) is 12.4. The van der Waals surface area contributed by atoms with Gasteiger partial charge in [-0.2, -0.15) is 0 Å². The molecule has 0 aliphatic carbocycles. The number of urea groups is 1. The summed E-state index contributed by atoms with van der Waals surface area (Å²) in [4.78, 5) is 24.2. The summed E-state index contributed by atoms with van der Waals surface area (Å²) in [5, 5.41) is 5.95. The summed E-state index contributed by atoms with van der Waals surface area (Å²) >= 11 is 6.18. The van der Waals surface area contributed by atoms with Crippen molar-refractivity contribution >= 4 is 23.6 Å². The second-order valence-corrected chi connectivity index (χ2v) is 6.31. The SMILES string of the molecule is CCOC(=O)C1=C(C)NC(=O)N[C@@H]1c1ccc(-c2cccc(Cl)c2C)o1. The van der Waals surface area contributed by atoms with E-state index < -0.39 is 18.0 Å². The molecular weight excluding hydrogens is 356 g/mol. The standard InChI is InChI=1S/C19H19ClN2O4/c1-4-25-18(23)16-11(3)21-19(24)22-17(16)15-9-8-14(26-15)12-6-5-7-13(20)10(12)2/h5-9,17H,4H2,1-3H3,(H2,21,22,24)/t17-/m1/s1. The van der Waals surface area contributed by atoms with Crippen LogP contribution in [-0.4, -0.2) is 18.6 Å². The Kier molecular flexibility index (Phi) is 5.04. The Hall–Kier alpha value is -2.73. The van der Waals surface area contributed by atoms with Gasteiger partial charge in [0.05, 0.1) is 12.2 Å². The van der Waals surface area contributed by atoms with Crippen LogP contribution in [0.2, 0.25) is 5.02 Å². The number of allylic oxidation sites excluding steroid dienone is 1. The van der Waals surface area contributed by atoms with Gasteiger partial charge in [0.15, 0.2) is 0 Å². The van der Waals surface area contributed by atoms with E-state index in [1.807, 2.05) is 25.1 Å². The molecule has 0 unspecified atom stereocenters. The van der Waals surface area contributed by atoms with Gasteiger partial charge in [0, 0.05) is 16.3 Å². The van der Waals surface area contributed by atoms with Crippen molar-refractivity contribution in [2.45, 2.75) is 26.8 Å². The lowest BCUT2D eigenvalue weighted by Crippen LogP contribution is -2.45. The number of carbonyl (C=O) groups excluding carboxylic acids is 2. The van der Waals surface area contributed by atoms with E-state index in [9.17, 15) is 9.59 Å². The number of rotatable bonds is 4. The molecule has 0 spiro atoms. The molecule has 0 saturated heterocycles. The molecule has 2 heterocycles. The number of furan rings is 1. The Morgan fingerprint density at radius 1 is 1.27 bits per heavy atom. The van der Waals surface area contributed by atoms with Crippen molar-refractivity contribution in [3.63, 3.8) is 0 Å². The maximum Gasteiger partial charge on any atom is 0.338 e. The van der Waals surface area contributed by atoms with Crippen molar-refractivity contribution in [3.05, 3.63) is 57.9 Å². The summed E-state index contributed by atoms with van der Waals surface area (Å²) in [6, 6.07) is 7.94. The summed E-state index contributed by atoms with van der Waals surface area (Å²) in [6.45, 7) is 5.52. The second kappa shape index (κ2) is 7.25. The Morgan fingerprint density at radius 2 is 2.04 bits per heavy atom. The molecule has 0 saturated carbocycles. The largest absolute Gasteiger partial charge is 0.463 e. The van der Waals surface area contributed by atoms with Gasteiger partial charge in [-0.25, -0.2) is 9.59 Å². The first-order valence-electron chi connectivity index (χ1n) is 8.23. The normalized spacial score (nSPS) is 16.9. The summed E-state index contributed by atoms with van der Waals surface area (Å²) < 4.78 is 11.1. The fraction of sp³-hybridized carbons (Fsp3) is 0.263. The Bertz CT molecular complexity index is 901. The van der Waals surface area contributed by atoms with Gasteiger partial charge in [-0.15, -0.1) is 0 Å². The van der Waals surface area contributed by atoms with E-state index in [1.54, 1.807) is 26.0 Å². The van der Waals surface area contributed by atoms with Crippen molar-refractivity contribution in [1.29, 1.82) is 0 Å². The molecule has 2 aromatic rings. The molecule has 2 amide bonds. The van der Waals surface area contributed by atoms with Crippen LogP contribution in [0.4, 0.5) is 4.79 Å². The zero-order chi connectivity index (χ0) is 18.8.